The van der Waals surface area contributed by atoms with Crippen LogP contribution in [0.1, 0.15) is 11.3 Å². The molecule has 3 aromatic rings. The number of ether oxygens (including phenoxy) is 2. The lowest BCUT2D eigenvalue weighted by atomic mass is 10.2. The van der Waals surface area contributed by atoms with E-state index in [1.807, 2.05) is 12.1 Å². The molecule has 4 rings (SSSR count). The Bertz CT molecular complexity index is 1140. The fraction of sp³-hybridized carbons (Fsp3) is 0.429. The molecule has 1 saturated heterocycles. The molecule has 1 amide bonds. The topological polar surface area (TPSA) is 89.8 Å². The number of hydrogen-bond acceptors (Lipinski definition) is 8. The van der Waals surface area contributed by atoms with Crippen LogP contribution in [-0.2, 0) is 11.3 Å². The molecule has 1 fully saturated rings. The summed E-state index contributed by atoms with van der Waals surface area (Å²) in [7, 11) is 3.27. The third-order valence-electron chi connectivity index (χ3n) is 5.62. The van der Waals surface area contributed by atoms with E-state index >= 15 is 0 Å². The van der Waals surface area contributed by atoms with Crippen molar-refractivity contribution >= 4 is 32.6 Å². The minimum absolute atomic E-state index is 0.00247. The van der Waals surface area contributed by atoms with Gasteiger partial charge in [0.15, 0.2) is 5.13 Å². The van der Waals surface area contributed by atoms with Crippen molar-refractivity contribution in [2.45, 2.75) is 20.4 Å². The summed E-state index contributed by atoms with van der Waals surface area (Å²) in [5.41, 5.74) is 1.87. The van der Waals surface area contributed by atoms with Crippen LogP contribution in [-0.4, -0.2) is 65.7 Å². The van der Waals surface area contributed by atoms with Gasteiger partial charge in [-0.05, 0) is 26.0 Å². The number of aromatic nitrogens is 3. The minimum atomic E-state index is -0.170. The zero-order chi connectivity index (χ0) is 22.1. The van der Waals surface area contributed by atoms with Crippen LogP contribution in [0.3, 0.4) is 0 Å². The number of thiazole rings is 1. The van der Waals surface area contributed by atoms with Gasteiger partial charge >= 0.3 is 0 Å². The number of hydrogen-bond donors (Lipinski definition) is 0. The van der Waals surface area contributed by atoms with Crippen molar-refractivity contribution < 1.29 is 14.3 Å². The van der Waals surface area contributed by atoms with E-state index in [0.717, 1.165) is 21.1 Å². The maximum absolute atomic E-state index is 12.7. The molecule has 0 saturated carbocycles. The van der Waals surface area contributed by atoms with E-state index in [1.54, 1.807) is 44.3 Å². The molecule has 1 aliphatic rings. The van der Waals surface area contributed by atoms with Crippen molar-refractivity contribution in [2.24, 2.45) is 0 Å². The average molecular weight is 444 g/mol. The zero-order valence-corrected chi connectivity index (χ0v) is 18.9. The van der Waals surface area contributed by atoms with Gasteiger partial charge in [-0.2, -0.15) is 0 Å². The summed E-state index contributed by atoms with van der Waals surface area (Å²) in [6.07, 6.45) is 1.45. The van der Waals surface area contributed by atoms with Gasteiger partial charge in [0, 0.05) is 37.4 Å². The first-order chi connectivity index (χ1) is 14.9. The van der Waals surface area contributed by atoms with Crippen molar-refractivity contribution in [2.75, 3.05) is 45.3 Å². The van der Waals surface area contributed by atoms with Gasteiger partial charge in [0.25, 0.3) is 5.56 Å². The Morgan fingerprint density at radius 1 is 1.10 bits per heavy atom. The number of nitrogens with zero attached hydrogens (tertiary/aromatic N) is 5. The second-order valence-corrected chi connectivity index (χ2v) is 8.38. The van der Waals surface area contributed by atoms with E-state index in [0.29, 0.717) is 43.2 Å². The summed E-state index contributed by atoms with van der Waals surface area (Å²) in [5.74, 6) is 1.39. The molecule has 31 heavy (non-hydrogen) atoms. The lowest BCUT2D eigenvalue weighted by Crippen LogP contribution is -2.50. The van der Waals surface area contributed by atoms with Crippen LogP contribution < -0.4 is 19.9 Å². The van der Waals surface area contributed by atoms with Crippen LogP contribution >= 0.6 is 11.3 Å². The first-order valence-corrected chi connectivity index (χ1v) is 10.8. The maximum Gasteiger partial charge on any atom is 0.256 e. The van der Waals surface area contributed by atoms with E-state index in [4.69, 9.17) is 14.5 Å². The Balaban J connectivity index is 1.46. The first-order valence-electron chi connectivity index (χ1n) is 9.99. The quantitative estimate of drug-likeness (QED) is 0.594. The second-order valence-electron chi connectivity index (χ2n) is 7.40. The van der Waals surface area contributed by atoms with E-state index < -0.39 is 0 Å². The molecule has 0 aliphatic carbocycles. The number of aryl methyl sites for hydroxylation is 1. The SMILES string of the molecule is COc1ccc(OC)c2sc(N3CCN(C(=O)Cn4cnc(C)c(C)c4=O)CC3)nc12. The smallest absolute Gasteiger partial charge is 0.256 e. The fourth-order valence-electron chi connectivity index (χ4n) is 3.59. The number of carbonyl (C=O) groups is 1. The second kappa shape index (κ2) is 8.54. The molecule has 1 aromatic carbocycles. The van der Waals surface area contributed by atoms with Gasteiger partial charge in [-0.1, -0.05) is 11.3 Å². The highest BCUT2D eigenvalue weighted by atomic mass is 32.1. The molecular formula is C21H25N5O4S. The number of methoxy groups -OCH3 is 2. The van der Waals surface area contributed by atoms with E-state index in [2.05, 4.69) is 9.88 Å². The first kappa shape index (κ1) is 21.1. The van der Waals surface area contributed by atoms with Gasteiger partial charge in [-0.15, -0.1) is 0 Å². The van der Waals surface area contributed by atoms with E-state index in [9.17, 15) is 9.59 Å². The monoisotopic (exact) mass is 443 g/mol. The lowest BCUT2D eigenvalue weighted by Gasteiger charge is -2.34. The third-order valence-corrected chi connectivity index (χ3v) is 6.75. The predicted octanol–water partition coefficient (Wildman–Crippen LogP) is 1.84. The number of piperazine rings is 1. The lowest BCUT2D eigenvalue weighted by molar-refractivity contribution is -0.132. The van der Waals surface area contributed by atoms with Crippen molar-refractivity contribution in [3.05, 3.63) is 40.1 Å². The van der Waals surface area contributed by atoms with Gasteiger partial charge in [0.2, 0.25) is 5.91 Å². The highest BCUT2D eigenvalue weighted by Gasteiger charge is 2.25. The predicted molar refractivity (Wildman–Crippen MR) is 119 cm³/mol. The number of benzene rings is 1. The summed E-state index contributed by atoms with van der Waals surface area (Å²) in [6.45, 7) is 5.98. The normalized spacial score (nSPS) is 14.2. The number of fused-ring (bicyclic) bond motifs is 1. The summed E-state index contributed by atoms with van der Waals surface area (Å²) in [6, 6.07) is 3.73. The Morgan fingerprint density at radius 3 is 2.45 bits per heavy atom. The average Bonchev–Trinajstić information content (AvgIpc) is 3.24. The minimum Gasteiger partial charge on any atom is -0.495 e. The molecule has 0 radical (unpaired) electrons. The molecule has 0 N–H and O–H groups in total. The Hall–Kier alpha value is -3.14. The highest BCUT2D eigenvalue weighted by Crippen LogP contribution is 2.40. The molecular weight excluding hydrogens is 418 g/mol. The molecule has 164 valence electrons. The van der Waals surface area contributed by atoms with Crippen LogP contribution in [0, 0.1) is 13.8 Å². The van der Waals surface area contributed by atoms with E-state index in [1.165, 1.54) is 10.9 Å². The van der Waals surface area contributed by atoms with Crippen molar-refractivity contribution in [1.82, 2.24) is 19.4 Å². The van der Waals surface area contributed by atoms with Crippen LogP contribution in [0.4, 0.5) is 5.13 Å². The van der Waals surface area contributed by atoms with Crippen LogP contribution in [0.2, 0.25) is 0 Å². The molecule has 9 nitrogen and oxygen atoms in total. The van der Waals surface area contributed by atoms with Crippen molar-refractivity contribution in [1.29, 1.82) is 0 Å². The zero-order valence-electron chi connectivity index (χ0n) is 18.0. The Morgan fingerprint density at radius 2 is 1.77 bits per heavy atom. The van der Waals surface area contributed by atoms with Crippen molar-refractivity contribution in [3.8, 4) is 11.5 Å². The van der Waals surface area contributed by atoms with Gasteiger partial charge in [-0.3, -0.25) is 14.2 Å². The molecule has 10 heteroatoms. The maximum atomic E-state index is 12.7. The molecule has 2 aromatic heterocycles. The Kier molecular flexibility index (Phi) is 5.81. The molecule has 0 unspecified atom stereocenters. The number of anilines is 1. The summed E-state index contributed by atoms with van der Waals surface area (Å²) >= 11 is 1.55. The van der Waals surface area contributed by atoms with Crippen LogP contribution in [0.15, 0.2) is 23.3 Å². The standard InChI is InChI=1S/C21H25N5O4S/c1-13-14(2)22-12-26(20(13)28)11-17(27)24-7-9-25(10-8-24)21-23-18-15(29-3)5-6-16(30-4)19(18)31-21/h5-6,12H,7-11H2,1-4H3. The molecule has 0 bridgehead atoms. The Labute approximate surface area is 183 Å². The summed E-state index contributed by atoms with van der Waals surface area (Å²) in [5, 5.41) is 0.875. The summed E-state index contributed by atoms with van der Waals surface area (Å²) < 4.78 is 13.2. The van der Waals surface area contributed by atoms with Crippen LogP contribution in [0.5, 0.6) is 11.5 Å². The highest BCUT2D eigenvalue weighted by molar-refractivity contribution is 7.22. The fourth-order valence-corrected chi connectivity index (χ4v) is 4.72. The molecule has 0 atom stereocenters. The van der Waals surface area contributed by atoms with Gasteiger partial charge in [-0.25, -0.2) is 9.97 Å². The molecule has 1 aliphatic heterocycles. The molecule has 3 heterocycles. The number of amides is 1. The van der Waals surface area contributed by atoms with Gasteiger partial charge in [0.05, 0.1) is 20.5 Å². The van der Waals surface area contributed by atoms with Gasteiger partial charge < -0.3 is 19.3 Å². The van der Waals surface area contributed by atoms with E-state index in [-0.39, 0.29) is 18.0 Å². The summed E-state index contributed by atoms with van der Waals surface area (Å²) in [4.78, 5) is 38.0. The third kappa shape index (κ3) is 3.95. The van der Waals surface area contributed by atoms with Gasteiger partial charge in [0.1, 0.15) is 28.3 Å². The number of carbonyl (C=O) groups excluding carboxylic acids is 1. The van der Waals surface area contributed by atoms with Crippen LogP contribution in [0.25, 0.3) is 10.2 Å². The largest absolute Gasteiger partial charge is 0.495 e. The number of rotatable bonds is 5. The van der Waals surface area contributed by atoms with Crippen molar-refractivity contribution in [3.63, 3.8) is 0 Å². The molecule has 0 spiro atoms.